The van der Waals surface area contributed by atoms with Crippen molar-refractivity contribution < 1.29 is 23.8 Å². The van der Waals surface area contributed by atoms with Crippen LogP contribution in [0.25, 0.3) is 11.1 Å². The van der Waals surface area contributed by atoms with Crippen molar-refractivity contribution in [1.29, 1.82) is 0 Å². The Hall–Kier alpha value is -3.67. The second-order valence-electron chi connectivity index (χ2n) is 7.29. The molecule has 3 aromatic carbocycles. The van der Waals surface area contributed by atoms with E-state index in [2.05, 4.69) is 0 Å². The second-order valence-corrected chi connectivity index (χ2v) is 7.29. The van der Waals surface area contributed by atoms with Gasteiger partial charge in [-0.25, -0.2) is 4.39 Å². The molecule has 0 atom stereocenters. The van der Waals surface area contributed by atoms with Gasteiger partial charge in [0.1, 0.15) is 11.6 Å². The Morgan fingerprint density at radius 1 is 0.969 bits per heavy atom. The molecule has 0 radical (unpaired) electrons. The van der Waals surface area contributed by atoms with Crippen molar-refractivity contribution in [3.05, 3.63) is 84.2 Å². The van der Waals surface area contributed by atoms with E-state index in [9.17, 15) is 14.0 Å². The first-order valence-corrected chi connectivity index (χ1v) is 10.6. The van der Waals surface area contributed by atoms with E-state index in [1.54, 1.807) is 4.90 Å². The van der Waals surface area contributed by atoms with E-state index in [1.165, 1.54) is 24.3 Å². The van der Waals surface area contributed by atoms with Crippen LogP contribution in [0.1, 0.15) is 36.5 Å². The molecule has 0 bridgehead atoms. The molecule has 5 nitrogen and oxygen atoms in total. The van der Waals surface area contributed by atoms with Gasteiger partial charge in [0.05, 0.1) is 6.61 Å². The maximum absolute atomic E-state index is 13.4. The molecule has 0 saturated carbocycles. The average molecular weight is 435 g/mol. The lowest BCUT2D eigenvalue weighted by Gasteiger charge is -2.24. The monoisotopic (exact) mass is 435 g/mol. The van der Waals surface area contributed by atoms with E-state index in [-0.39, 0.29) is 12.3 Å². The number of aliphatic carboxylic acids is 1. The van der Waals surface area contributed by atoms with Crippen molar-refractivity contribution in [2.24, 2.45) is 0 Å². The number of carboxylic acid groups (broad SMARTS) is 1. The Kier molecular flexibility index (Phi) is 7.97. The third-order valence-electron chi connectivity index (χ3n) is 5.02. The van der Waals surface area contributed by atoms with Crippen LogP contribution in [0.3, 0.4) is 0 Å². The second kappa shape index (κ2) is 11.1. The summed E-state index contributed by atoms with van der Waals surface area (Å²) in [5.74, 6) is -0.846. The number of rotatable bonds is 10. The molecule has 0 saturated heterocycles. The number of unbranched alkanes of at least 4 members (excludes halogenated alkanes) is 1. The fourth-order valence-electron chi connectivity index (χ4n) is 3.45. The summed E-state index contributed by atoms with van der Waals surface area (Å²) in [6, 6.07) is 20.7. The Morgan fingerprint density at radius 2 is 1.69 bits per heavy atom. The summed E-state index contributed by atoms with van der Waals surface area (Å²) in [6.45, 7) is 2.76. The van der Waals surface area contributed by atoms with Crippen molar-refractivity contribution in [2.75, 3.05) is 18.1 Å². The molecule has 0 heterocycles. The molecule has 1 N–H and O–H groups in total. The van der Waals surface area contributed by atoms with Crippen molar-refractivity contribution in [2.45, 2.75) is 26.2 Å². The predicted octanol–water partition coefficient (Wildman–Crippen LogP) is 5.79. The van der Waals surface area contributed by atoms with Gasteiger partial charge >= 0.3 is 5.97 Å². The number of halogens is 1. The van der Waals surface area contributed by atoms with Crippen LogP contribution >= 0.6 is 0 Å². The van der Waals surface area contributed by atoms with E-state index in [1.807, 2.05) is 55.5 Å². The van der Waals surface area contributed by atoms with Gasteiger partial charge in [0.25, 0.3) is 5.91 Å². The number of carboxylic acids is 1. The molecule has 0 aliphatic heterocycles. The number of hydrogen-bond acceptors (Lipinski definition) is 3. The summed E-state index contributed by atoms with van der Waals surface area (Å²) in [7, 11) is 0. The molecule has 3 aromatic rings. The maximum Gasteiger partial charge on any atom is 0.303 e. The number of amides is 1. The van der Waals surface area contributed by atoms with Crippen LogP contribution in [0.5, 0.6) is 5.75 Å². The summed E-state index contributed by atoms with van der Waals surface area (Å²) in [5, 5.41) is 8.92. The zero-order valence-corrected chi connectivity index (χ0v) is 18.0. The van der Waals surface area contributed by atoms with Gasteiger partial charge in [0.15, 0.2) is 0 Å². The lowest BCUT2D eigenvalue weighted by Crippen LogP contribution is -2.32. The fraction of sp³-hybridized carbons (Fsp3) is 0.231. The van der Waals surface area contributed by atoms with Crippen LogP contribution < -0.4 is 9.64 Å². The van der Waals surface area contributed by atoms with Crippen LogP contribution in [0, 0.1) is 5.82 Å². The summed E-state index contributed by atoms with van der Waals surface area (Å²) in [6.07, 6.45) is 1.01. The topological polar surface area (TPSA) is 66.8 Å². The molecule has 0 unspecified atom stereocenters. The Morgan fingerprint density at radius 3 is 2.34 bits per heavy atom. The number of anilines is 1. The highest BCUT2D eigenvalue weighted by atomic mass is 19.1. The maximum atomic E-state index is 13.4. The largest absolute Gasteiger partial charge is 0.493 e. The van der Waals surface area contributed by atoms with Crippen LogP contribution in [0.4, 0.5) is 10.1 Å². The Bertz CT molecular complexity index is 1050. The normalized spacial score (nSPS) is 10.6. The lowest BCUT2D eigenvalue weighted by atomic mass is 10.0. The van der Waals surface area contributed by atoms with Crippen LogP contribution in [0.2, 0.25) is 0 Å². The average Bonchev–Trinajstić information content (AvgIpc) is 2.80. The summed E-state index contributed by atoms with van der Waals surface area (Å²) in [4.78, 5) is 25.8. The van der Waals surface area contributed by atoms with Crippen molar-refractivity contribution in [1.82, 2.24) is 0 Å². The number of carbonyl (C=O) groups is 2. The van der Waals surface area contributed by atoms with E-state index in [4.69, 9.17) is 9.84 Å². The zero-order valence-electron chi connectivity index (χ0n) is 18.0. The Labute approximate surface area is 187 Å². The highest BCUT2D eigenvalue weighted by Gasteiger charge is 2.20. The highest BCUT2D eigenvalue weighted by molar-refractivity contribution is 6.06. The molecule has 1 amide bonds. The minimum atomic E-state index is -0.867. The van der Waals surface area contributed by atoms with Gasteiger partial charge < -0.3 is 14.7 Å². The van der Waals surface area contributed by atoms with E-state index in [0.717, 1.165) is 11.1 Å². The first-order valence-electron chi connectivity index (χ1n) is 10.6. The third kappa shape index (κ3) is 5.94. The van der Waals surface area contributed by atoms with E-state index >= 15 is 0 Å². The molecule has 0 fully saturated rings. The molecular weight excluding hydrogens is 409 g/mol. The van der Waals surface area contributed by atoms with E-state index in [0.29, 0.717) is 43.0 Å². The number of carbonyl (C=O) groups excluding carboxylic acids is 1. The van der Waals surface area contributed by atoms with Crippen LogP contribution in [-0.4, -0.2) is 30.1 Å². The molecule has 0 aliphatic carbocycles. The molecular formula is C26H26FNO4. The number of nitrogens with zero attached hydrogens (tertiary/aromatic N) is 1. The van der Waals surface area contributed by atoms with Gasteiger partial charge in [-0.05, 0) is 67.8 Å². The minimum absolute atomic E-state index is 0.0388. The van der Waals surface area contributed by atoms with Crippen molar-refractivity contribution in [3.8, 4) is 16.9 Å². The lowest BCUT2D eigenvalue weighted by molar-refractivity contribution is -0.137. The summed E-state index contributed by atoms with van der Waals surface area (Å²) in [5.41, 5.74) is 2.84. The van der Waals surface area contributed by atoms with E-state index < -0.39 is 11.8 Å². The van der Waals surface area contributed by atoms with Gasteiger partial charge in [-0.3, -0.25) is 9.59 Å². The number of benzene rings is 3. The predicted molar refractivity (Wildman–Crippen MR) is 123 cm³/mol. The molecule has 3 rings (SSSR count). The molecule has 0 spiro atoms. The number of ether oxygens (including phenoxy) is 1. The minimum Gasteiger partial charge on any atom is -0.493 e. The number of hydrogen-bond donors (Lipinski definition) is 1. The van der Waals surface area contributed by atoms with Crippen LogP contribution in [0.15, 0.2) is 72.8 Å². The standard InChI is InChI=1S/C26H26FNO4/c1-2-32-24-16-15-22(18-23(24)19-8-4-3-5-9-19)28(17-7-6-10-25(29)30)26(31)20-11-13-21(27)14-12-20/h3-5,8-9,11-16,18H,2,6-7,10,17H2,1H3,(H,29,30). The van der Waals surface area contributed by atoms with Gasteiger partial charge in [0, 0.05) is 29.8 Å². The fourth-order valence-corrected chi connectivity index (χ4v) is 3.45. The van der Waals surface area contributed by atoms with Gasteiger partial charge in [-0.1, -0.05) is 30.3 Å². The molecule has 32 heavy (non-hydrogen) atoms. The molecule has 0 aliphatic rings. The van der Waals surface area contributed by atoms with Crippen molar-refractivity contribution in [3.63, 3.8) is 0 Å². The SMILES string of the molecule is CCOc1ccc(N(CCCCC(=O)O)C(=O)c2ccc(F)cc2)cc1-c1ccccc1. The van der Waals surface area contributed by atoms with Gasteiger partial charge in [-0.15, -0.1) is 0 Å². The quantitative estimate of drug-likeness (QED) is 0.409. The third-order valence-corrected chi connectivity index (χ3v) is 5.02. The zero-order chi connectivity index (χ0) is 22.9. The van der Waals surface area contributed by atoms with Gasteiger partial charge in [-0.2, -0.15) is 0 Å². The van der Waals surface area contributed by atoms with Crippen LogP contribution in [-0.2, 0) is 4.79 Å². The highest BCUT2D eigenvalue weighted by Crippen LogP contribution is 2.34. The summed E-state index contributed by atoms with van der Waals surface area (Å²) >= 11 is 0. The van der Waals surface area contributed by atoms with Gasteiger partial charge in [0.2, 0.25) is 0 Å². The molecule has 0 aromatic heterocycles. The van der Waals surface area contributed by atoms with Crippen molar-refractivity contribution >= 4 is 17.6 Å². The first-order chi connectivity index (χ1) is 15.5. The molecule has 166 valence electrons. The first kappa shape index (κ1) is 23.0. The smallest absolute Gasteiger partial charge is 0.303 e. The molecule has 6 heteroatoms. The Balaban J connectivity index is 1.97. The summed E-state index contributed by atoms with van der Waals surface area (Å²) < 4.78 is 19.2.